The zero-order chi connectivity index (χ0) is 16.1. The van der Waals surface area contributed by atoms with E-state index in [1.807, 2.05) is 30.3 Å². The Kier molecular flexibility index (Phi) is 5.05. The lowest BCUT2D eigenvalue weighted by Crippen LogP contribution is -2.43. The minimum absolute atomic E-state index is 0.0674. The summed E-state index contributed by atoms with van der Waals surface area (Å²) in [6.45, 7) is 0. The molecule has 0 atom stereocenters. The number of nitrogens with one attached hydrogen (secondary N) is 1. The topological polar surface area (TPSA) is 61.8 Å². The molecule has 1 fully saturated rings. The summed E-state index contributed by atoms with van der Waals surface area (Å²) in [4.78, 5) is 24.6. The van der Waals surface area contributed by atoms with Crippen LogP contribution in [0.2, 0.25) is 0 Å². The molecular formula is C18H23N3O2. The Labute approximate surface area is 136 Å². The lowest BCUT2D eigenvalue weighted by molar-refractivity contribution is -0.119. The van der Waals surface area contributed by atoms with Crippen LogP contribution in [0.3, 0.4) is 0 Å². The molecule has 0 spiro atoms. The van der Waals surface area contributed by atoms with Crippen molar-refractivity contribution in [3.63, 3.8) is 0 Å². The standard InChI is InChI=1S/C18H23N3O2/c22-17-13-12-16(20-21(17)15-10-6-3-7-11-15)18(23)19-14-8-4-1-2-5-9-14/h3,6-7,10-11,14H,1-2,4-5,8-9,12-13H2,(H,19,23). The van der Waals surface area contributed by atoms with Crippen molar-refractivity contribution in [3.8, 4) is 0 Å². The van der Waals surface area contributed by atoms with Gasteiger partial charge in [0.05, 0.1) is 5.69 Å². The number of amides is 2. The molecule has 1 heterocycles. The van der Waals surface area contributed by atoms with E-state index in [-0.39, 0.29) is 17.9 Å². The van der Waals surface area contributed by atoms with Gasteiger partial charge in [0.2, 0.25) is 5.91 Å². The molecule has 1 aliphatic heterocycles. The highest BCUT2D eigenvalue weighted by atomic mass is 16.2. The molecule has 5 nitrogen and oxygen atoms in total. The summed E-state index contributed by atoms with van der Waals surface area (Å²) in [5.41, 5.74) is 1.16. The van der Waals surface area contributed by atoms with Gasteiger partial charge in [0.25, 0.3) is 5.91 Å². The lowest BCUT2D eigenvalue weighted by atomic mass is 10.1. The molecule has 23 heavy (non-hydrogen) atoms. The van der Waals surface area contributed by atoms with Crippen LogP contribution < -0.4 is 10.3 Å². The van der Waals surface area contributed by atoms with Gasteiger partial charge in [-0.05, 0) is 25.0 Å². The van der Waals surface area contributed by atoms with Crippen LogP contribution >= 0.6 is 0 Å². The number of hydrazone groups is 1. The summed E-state index contributed by atoms with van der Waals surface area (Å²) < 4.78 is 0. The molecule has 0 saturated heterocycles. The maximum atomic E-state index is 12.5. The largest absolute Gasteiger partial charge is 0.348 e. The molecule has 1 N–H and O–H groups in total. The van der Waals surface area contributed by atoms with Crippen molar-refractivity contribution < 1.29 is 9.59 Å². The van der Waals surface area contributed by atoms with Crippen molar-refractivity contribution in [2.24, 2.45) is 5.10 Å². The van der Waals surface area contributed by atoms with Gasteiger partial charge in [0, 0.05) is 18.9 Å². The number of nitrogens with zero attached hydrogens (tertiary/aromatic N) is 2. The lowest BCUT2D eigenvalue weighted by Gasteiger charge is -2.24. The number of benzene rings is 1. The predicted octanol–water partition coefficient (Wildman–Crippen LogP) is 3.01. The van der Waals surface area contributed by atoms with Gasteiger partial charge in [-0.3, -0.25) is 9.59 Å². The summed E-state index contributed by atoms with van der Waals surface area (Å²) >= 11 is 0. The average molecular weight is 313 g/mol. The summed E-state index contributed by atoms with van der Waals surface area (Å²) in [6.07, 6.45) is 7.68. The van der Waals surface area contributed by atoms with E-state index in [2.05, 4.69) is 10.4 Å². The van der Waals surface area contributed by atoms with Crippen LogP contribution in [-0.4, -0.2) is 23.6 Å². The van der Waals surface area contributed by atoms with Crippen molar-refractivity contribution in [2.75, 3.05) is 5.01 Å². The number of anilines is 1. The van der Waals surface area contributed by atoms with Gasteiger partial charge in [0.15, 0.2) is 0 Å². The van der Waals surface area contributed by atoms with Crippen LogP contribution in [0.1, 0.15) is 51.4 Å². The van der Waals surface area contributed by atoms with Crippen LogP contribution in [0.15, 0.2) is 35.4 Å². The molecule has 1 aromatic rings. The minimum Gasteiger partial charge on any atom is -0.348 e. The molecule has 1 aliphatic carbocycles. The third kappa shape index (κ3) is 3.97. The molecule has 2 amide bonds. The molecule has 1 saturated carbocycles. The molecule has 2 aliphatic rings. The Morgan fingerprint density at radius 1 is 1.04 bits per heavy atom. The van der Waals surface area contributed by atoms with Crippen molar-refractivity contribution in [3.05, 3.63) is 30.3 Å². The first-order valence-corrected chi connectivity index (χ1v) is 8.50. The van der Waals surface area contributed by atoms with E-state index in [1.54, 1.807) is 0 Å². The van der Waals surface area contributed by atoms with E-state index in [9.17, 15) is 9.59 Å². The number of carbonyl (C=O) groups is 2. The maximum absolute atomic E-state index is 12.5. The molecule has 1 aromatic carbocycles. The highest BCUT2D eigenvalue weighted by Gasteiger charge is 2.26. The van der Waals surface area contributed by atoms with E-state index >= 15 is 0 Å². The minimum atomic E-state index is -0.120. The number of para-hydroxylation sites is 1. The van der Waals surface area contributed by atoms with Gasteiger partial charge >= 0.3 is 0 Å². The van der Waals surface area contributed by atoms with Crippen LogP contribution in [0.5, 0.6) is 0 Å². The van der Waals surface area contributed by atoms with Crippen molar-refractivity contribution >= 4 is 23.2 Å². The van der Waals surface area contributed by atoms with Crippen LogP contribution in [0.25, 0.3) is 0 Å². The Balaban J connectivity index is 1.70. The van der Waals surface area contributed by atoms with E-state index in [1.165, 1.54) is 30.7 Å². The highest BCUT2D eigenvalue weighted by molar-refractivity contribution is 6.40. The van der Waals surface area contributed by atoms with Crippen molar-refractivity contribution in [1.29, 1.82) is 0 Å². The molecule has 5 heteroatoms. The summed E-state index contributed by atoms with van der Waals surface area (Å²) in [5, 5.41) is 8.77. The number of carbonyl (C=O) groups excluding carboxylic acids is 2. The molecule has 0 unspecified atom stereocenters. The Morgan fingerprint density at radius 3 is 2.43 bits per heavy atom. The molecule has 0 bridgehead atoms. The quantitative estimate of drug-likeness (QED) is 0.872. The molecular weight excluding hydrogens is 290 g/mol. The normalized spacial score (nSPS) is 19.9. The highest BCUT2D eigenvalue weighted by Crippen LogP contribution is 2.21. The SMILES string of the molecule is O=C(NC1CCCCCC1)C1=NN(c2ccccc2)C(=O)CC1. The zero-order valence-electron chi connectivity index (χ0n) is 13.3. The van der Waals surface area contributed by atoms with E-state index in [0.29, 0.717) is 24.2 Å². The van der Waals surface area contributed by atoms with Crippen LogP contribution in [0.4, 0.5) is 5.69 Å². The molecule has 122 valence electrons. The third-order valence-electron chi connectivity index (χ3n) is 4.49. The first-order chi connectivity index (χ1) is 11.2. The van der Waals surface area contributed by atoms with Crippen molar-refractivity contribution in [1.82, 2.24) is 5.32 Å². The second kappa shape index (κ2) is 7.40. The number of rotatable bonds is 3. The van der Waals surface area contributed by atoms with Crippen LogP contribution in [0, 0.1) is 0 Å². The summed E-state index contributed by atoms with van der Waals surface area (Å²) in [7, 11) is 0. The Bertz CT molecular complexity index is 590. The summed E-state index contributed by atoms with van der Waals surface area (Å²) in [6, 6.07) is 9.51. The number of hydrogen-bond acceptors (Lipinski definition) is 3. The smallest absolute Gasteiger partial charge is 0.267 e. The predicted molar refractivity (Wildman–Crippen MR) is 90.2 cm³/mol. The number of hydrogen-bond donors (Lipinski definition) is 1. The van der Waals surface area contributed by atoms with E-state index in [0.717, 1.165) is 12.8 Å². The molecule has 0 aromatic heterocycles. The van der Waals surface area contributed by atoms with E-state index < -0.39 is 0 Å². The Hall–Kier alpha value is -2.17. The fourth-order valence-electron chi connectivity index (χ4n) is 3.18. The van der Waals surface area contributed by atoms with E-state index in [4.69, 9.17) is 0 Å². The van der Waals surface area contributed by atoms with Gasteiger partial charge in [-0.1, -0.05) is 43.9 Å². The van der Waals surface area contributed by atoms with Crippen molar-refractivity contribution in [2.45, 2.75) is 57.4 Å². The Morgan fingerprint density at radius 2 is 1.74 bits per heavy atom. The second-order valence-electron chi connectivity index (χ2n) is 6.25. The van der Waals surface area contributed by atoms with Crippen LogP contribution in [-0.2, 0) is 9.59 Å². The third-order valence-corrected chi connectivity index (χ3v) is 4.49. The van der Waals surface area contributed by atoms with Gasteiger partial charge < -0.3 is 5.32 Å². The van der Waals surface area contributed by atoms with Gasteiger partial charge in [-0.2, -0.15) is 5.10 Å². The van der Waals surface area contributed by atoms with Gasteiger partial charge in [-0.25, -0.2) is 5.01 Å². The molecule has 0 radical (unpaired) electrons. The van der Waals surface area contributed by atoms with Gasteiger partial charge in [-0.15, -0.1) is 0 Å². The second-order valence-corrected chi connectivity index (χ2v) is 6.25. The molecule has 3 rings (SSSR count). The fraction of sp³-hybridized carbons (Fsp3) is 0.500. The van der Waals surface area contributed by atoms with Gasteiger partial charge in [0.1, 0.15) is 5.71 Å². The fourth-order valence-corrected chi connectivity index (χ4v) is 3.18. The average Bonchev–Trinajstić information content (AvgIpc) is 2.84. The first kappa shape index (κ1) is 15.7. The maximum Gasteiger partial charge on any atom is 0.267 e. The monoisotopic (exact) mass is 313 g/mol. The summed E-state index contributed by atoms with van der Waals surface area (Å²) in [5.74, 6) is -0.187. The zero-order valence-corrected chi connectivity index (χ0v) is 13.3. The first-order valence-electron chi connectivity index (χ1n) is 8.50.